The van der Waals surface area contributed by atoms with Gasteiger partial charge in [-0.3, -0.25) is 4.79 Å². The van der Waals surface area contributed by atoms with E-state index in [-0.39, 0.29) is 11.7 Å². The van der Waals surface area contributed by atoms with E-state index in [4.69, 9.17) is 9.47 Å². The second-order valence-corrected chi connectivity index (χ2v) is 7.01. The van der Waals surface area contributed by atoms with Gasteiger partial charge in [-0.2, -0.15) is 0 Å². The molecule has 1 saturated heterocycles. The van der Waals surface area contributed by atoms with Crippen molar-refractivity contribution in [3.63, 3.8) is 0 Å². The molecule has 4 heteroatoms. The van der Waals surface area contributed by atoms with E-state index < -0.39 is 22.8 Å². The fraction of sp³-hybridized carbons (Fsp3) is 0.750. The van der Waals surface area contributed by atoms with Gasteiger partial charge < -0.3 is 9.47 Å². The van der Waals surface area contributed by atoms with Gasteiger partial charge in [0.05, 0.1) is 5.41 Å². The lowest BCUT2D eigenvalue weighted by Gasteiger charge is -2.44. The molecule has 0 aromatic heterocycles. The van der Waals surface area contributed by atoms with Crippen molar-refractivity contribution in [2.75, 3.05) is 0 Å². The smallest absolute Gasteiger partial charge is 0.423 e. The van der Waals surface area contributed by atoms with E-state index >= 15 is 0 Å². The molecule has 0 radical (unpaired) electrons. The second kappa shape index (κ2) is 3.86. The van der Waals surface area contributed by atoms with Crippen LogP contribution in [0.4, 0.5) is 4.79 Å². The molecule has 1 heterocycles. The third-order valence-corrected chi connectivity index (χ3v) is 5.82. The van der Waals surface area contributed by atoms with Gasteiger partial charge in [-0.05, 0) is 51.5 Å². The summed E-state index contributed by atoms with van der Waals surface area (Å²) < 4.78 is 11.4. The summed E-state index contributed by atoms with van der Waals surface area (Å²) in [5.74, 6) is 0.204. The largest absolute Gasteiger partial charge is 0.509 e. The van der Waals surface area contributed by atoms with Gasteiger partial charge in [-0.15, -0.1) is 0 Å². The molecule has 1 saturated carbocycles. The molecule has 20 heavy (non-hydrogen) atoms. The van der Waals surface area contributed by atoms with Crippen LogP contribution in [0.1, 0.15) is 53.4 Å². The maximum atomic E-state index is 12.7. The zero-order valence-electron chi connectivity index (χ0n) is 12.6. The Hall–Kier alpha value is -1.32. The SMILES string of the molecule is CC1=CC(=O)[C@]2(C)CC[C@@]3(C(C)C)OC(=O)O[C@@]23CC1. The fourth-order valence-electron chi connectivity index (χ4n) is 4.51. The van der Waals surface area contributed by atoms with Gasteiger partial charge in [0.15, 0.2) is 17.0 Å². The highest BCUT2D eigenvalue weighted by molar-refractivity contribution is 5.97. The lowest BCUT2D eigenvalue weighted by Crippen LogP contribution is -2.59. The monoisotopic (exact) mass is 278 g/mol. The van der Waals surface area contributed by atoms with Gasteiger partial charge in [-0.1, -0.05) is 19.4 Å². The van der Waals surface area contributed by atoms with Gasteiger partial charge in [0.1, 0.15) is 0 Å². The molecule has 110 valence electrons. The Kier molecular flexibility index (Phi) is 2.64. The van der Waals surface area contributed by atoms with Crippen molar-refractivity contribution in [1.82, 2.24) is 0 Å². The number of ketones is 1. The van der Waals surface area contributed by atoms with E-state index in [0.717, 1.165) is 12.0 Å². The average Bonchev–Trinajstić information content (AvgIpc) is 2.75. The highest BCUT2D eigenvalue weighted by atomic mass is 16.8. The summed E-state index contributed by atoms with van der Waals surface area (Å²) in [6, 6.07) is 0. The van der Waals surface area contributed by atoms with Crippen molar-refractivity contribution in [3.05, 3.63) is 11.6 Å². The highest BCUT2D eigenvalue weighted by Crippen LogP contribution is 2.65. The summed E-state index contributed by atoms with van der Waals surface area (Å²) in [5.41, 5.74) is -1.08. The number of hydrogen-bond donors (Lipinski definition) is 0. The first-order valence-corrected chi connectivity index (χ1v) is 7.41. The van der Waals surface area contributed by atoms with Gasteiger partial charge in [0.25, 0.3) is 0 Å². The normalized spacial score (nSPS) is 43.5. The van der Waals surface area contributed by atoms with Crippen LogP contribution < -0.4 is 0 Å². The topological polar surface area (TPSA) is 52.6 Å². The molecular weight excluding hydrogens is 256 g/mol. The molecule has 3 rings (SSSR count). The molecule has 1 spiro atoms. The molecule has 3 aliphatic rings. The van der Waals surface area contributed by atoms with Crippen LogP contribution in [0.25, 0.3) is 0 Å². The minimum atomic E-state index is -0.809. The number of carbonyl (C=O) groups excluding carboxylic acids is 2. The number of rotatable bonds is 1. The predicted molar refractivity (Wildman–Crippen MR) is 73.2 cm³/mol. The van der Waals surface area contributed by atoms with Gasteiger partial charge >= 0.3 is 6.16 Å². The molecular formula is C16H22O4. The summed E-state index contributed by atoms with van der Waals surface area (Å²) in [4.78, 5) is 24.6. The maximum absolute atomic E-state index is 12.7. The van der Waals surface area contributed by atoms with Gasteiger partial charge in [-0.25, -0.2) is 4.79 Å². The first-order chi connectivity index (χ1) is 9.27. The van der Waals surface area contributed by atoms with Crippen LogP contribution in [0.5, 0.6) is 0 Å². The van der Waals surface area contributed by atoms with E-state index in [0.29, 0.717) is 19.3 Å². The molecule has 0 amide bonds. The Balaban J connectivity index is 2.19. The Bertz CT molecular complexity index is 521. The minimum Gasteiger partial charge on any atom is -0.423 e. The van der Waals surface area contributed by atoms with E-state index in [1.807, 2.05) is 27.7 Å². The Morgan fingerprint density at radius 3 is 2.50 bits per heavy atom. The van der Waals surface area contributed by atoms with Crippen molar-refractivity contribution in [1.29, 1.82) is 0 Å². The highest BCUT2D eigenvalue weighted by Gasteiger charge is 2.77. The van der Waals surface area contributed by atoms with E-state index in [2.05, 4.69) is 0 Å². The molecule has 2 fully saturated rings. The van der Waals surface area contributed by atoms with E-state index in [1.165, 1.54) is 0 Å². The quantitative estimate of drug-likeness (QED) is 0.690. The third-order valence-electron chi connectivity index (χ3n) is 5.82. The van der Waals surface area contributed by atoms with Gasteiger partial charge in [0.2, 0.25) is 0 Å². The first kappa shape index (κ1) is 13.7. The molecule has 3 atom stereocenters. The molecule has 0 aromatic rings. The molecule has 0 unspecified atom stereocenters. The number of hydrogen-bond acceptors (Lipinski definition) is 4. The number of allylic oxidation sites excluding steroid dienone is 2. The molecule has 2 aliphatic carbocycles. The Labute approximate surface area is 119 Å². The number of carbonyl (C=O) groups is 2. The van der Waals surface area contributed by atoms with Gasteiger partial charge in [0, 0.05) is 0 Å². The van der Waals surface area contributed by atoms with Crippen LogP contribution in [-0.2, 0) is 14.3 Å². The molecule has 0 aromatic carbocycles. The Morgan fingerprint density at radius 1 is 1.15 bits per heavy atom. The van der Waals surface area contributed by atoms with Crippen molar-refractivity contribution < 1.29 is 19.1 Å². The summed E-state index contributed by atoms with van der Waals surface area (Å²) >= 11 is 0. The number of ether oxygens (including phenoxy) is 2. The van der Waals surface area contributed by atoms with Crippen molar-refractivity contribution in [3.8, 4) is 0 Å². The Morgan fingerprint density at radius 2 is 1.85 bits per heavy atom. The zero-order valence-corrected chi connectivity index (χ0v) is 12.6. The maximum Gasteiger partial charge on any atom is 0.509 e. The zero-order chi connectivity index (χ0) is 14.8. The molecule has 0 N–H and O–H groups in total. The van der Waals surface area contributed by atoms with Crippen LogP contribution >= 0.6 is 0 Å². The fourth-order valence-corrected chi connectivity index (χ4v) is 4.51. The van der Waals surface area contributed by atoms with Crippen LogP contribution in [0.3, 0.4) is 0 Å². The predicted octanol–water partition coefficient (Wildman–Crippen LogP) is 3.40. The van der Waals surface area contributed by atoms with Crippen molar-refractivity contribution in [2.24, 2.45) is 11.3 Å². The lowest BCUT2D eigenvalue weighted by molar-refractivity contribution is -0.145. The van der Waals surface area contributed by atoms with Crippen molar-refractivity contribution in [2.45, 2.75) is 64.6 Å². The van der Waals surface area contributed by atoms with Crippen LogP contribution in [0.15, 0.2) is 11.6 Å². The van der Waals surface area contributed by atoms with E-state index in [1.54, 1.807) is 6.08 Å². The molecule has 0 bridgehead atoms. The second-order valence-electron chi connectivity index (χ2n) is 7.01. The molecule has 1 aliphatic heterocycles. The summed E-state index contributed by atoms with van der Waals surface area (Å²) in [5, 5.41) is 0. The lowest BCUT2D eigenvalue weighted by atomic mass is 9.64. The standard InChI is InChI=1S/C16H22O4/c1-10(2)15-8-7-14(4)12(17)9-11(3)5-6-16(14,15)20-13(18)19-15/h9-10H,5-8H2,1-4H3/t14-,15-,16-/m0/s1. The van der Waals surface area contributed by atoms with Crippen LogP contribution in [-0.4, -0.2) is 23.1 Å². The van der Waals surface area contributed by atoms with E-state index in [9.17, 15) is 9.59 Å². The first-order valence-electron chi connectivity index (χ1n) is 7.41. The molecule has 4 nitrogen and oxygen atoms in total. The van der Waals surface area contributed by atoms with Crippen LogP contribution in [0.2, 0.25) is 0 Å². The average molecular weight is 278 g/mol. The summed E-state index contributed by atoms with van der Waals surface area (Å²) in [6.07, 6.45) is 3.97. The summed E-state index contributed by atoms with van der Waals surface area (Å²) in [7, 11) is 0. The van der Waals surface area contributed by atoms with Crippen molar-refractivity contribution >= 4 is 11.9 Å². The third kappa shape index (κ3) is 1.32. The minimum absolute atomic E-state index is 0.0772. The van der Waals surface area contributed by atoms with Crippen LogP contribution in [0, 0.1) is 11.3 Å². The summed E-state index contributed by atoms with van der Waals surface area (Å²) in [6.45, 7) is 8.00.